The molecule has 0 bridgehead atoms. The minimum atomic E-state index is 0.0347. The predicted octanol–water partition coefficient (Wildman–Crippen LogP) is 4.14. The molecule has 0 spiro atoms. The fourth-order valence-electron chi connectivity index (χ4n) is 2.05. The third kappa shape index (κ3) is 2.99. The smallest absolute Gasteiger partial charge is 0.159 e. The van der Waals surface area contributed by atoms with E-state index in [1.807, 2.05) is 36.2 Å². The summed E-state index contributed by atoms with van der Waals surface area (Å²) in [5.41, 5.74) is 1.69. The van der Waals surface area contributed by atoms with E-state index in [0.29, 0.717) is 5.56 Å². The van der Waals surface area contributed by atoms with Crippen LogP contribution in [-0.2, 0) is 0 Å². The lowest BCUT2D eigenvalue weighted by atomic mass is 10.1. The van der Waals surface area contributed by atoms with Gasteiger partial charge in [-0.3, -0.25) is 4.79 Å². The monoisotopic (exact) mass is 288 g/mol. The van der Waals surface area contributed by atoms with E-state index in [2.05, 4.69) is 11.9 Å². The number of rotatable bonds is 4. The van der Waals surface area contributed by atoms with Gasteiger partial charge in [0.2, 0.25) is 0 Å². The maximum atomic E-state index is 11.4. The molecule has 1 unspecified atom stereocenters. The Bertz CT molecular complexity index is 627. The Morgan fingerprint density at radius 2 is 2.00 bits per heavy atom. The van der Waals surface area contributed by atoms with Crippen LogP contribution in [0.3, 0.4) is 0 Å². The van der Waals surface area contributed by atoms with Crippen molar-refractivity contribution in [3.05, 3.63) is 58.7 Å². The molecule has 1 atom stereocenters. The zero-order valence-electron chi connectivity index (χ0n) is 11.8. The summed E-state index contributed by atoms with van der Waals surface area (Å²) < 4.78 is 0. The van der Waals surface area contributed by atoms with Gasteiger partial charge < -0.3 is 4.90 Å². The summed E-state index contributed by atoms with van der Waals surface area (Å²) in [7, 11) is 1.94. The lowest BCUT2D eigenvalue weighted by molar-refractivity contribution is 0.101. The quantitative estimate of drug-likeness (QED) is 0.793. The standard InChI is InChI=1S/C16H17ClN2O/c1-11(14-6-4-5-7-15(14)17)19(3)16-10-13(12(2)20)8-9-18-16/h4-11H,1-3H3. The van der Waals surface area contributed by atoms with Gasteiger partial charge in [-0.1, -0.05) is 29.8 Å². The van der Waals surface area contributed by atoms with Gasteiger partial charge in [-0.2, -0.15) is 0 Å². The normalized spacial score (nSPS) is 12.0. The van der Waals surface area contributed by atoms with Crippen molar-refractivity contribution >= 4 is 23.2 Å². The first-order chi connectivity index (χ1) is 9.50. The van der Waals surface area contributed by atoms with Gasteiger partial charge in [-0.25, -0.2) is 4.98 Å². The van der Waals surface area contributed by atoms with E-state index in [4.69, 9.17) is 11.6 Å². The van der Waals surface area contributed by atoms with E-state index in [1.165, 1.54) is 0 Å². The number of ketones is 1. The number of halogens is 1. The van der Waals surface area contributed by atoms with E-state index >= 15 is 0 Å². The topological polar surface area (TPSA) is 33.2 Å². The summed E-state index contributed by atoms with van der Waals surface area (Å²) in [4.78, 5) is 17.8. The SMILES string of the molecule is CC(=O)c1ccnc(N(C)C(C)c2ccccc2Cl)c1. The second-order valence-electron chi connectivity index (χ2n) is 4.77. The summed E-state index contributed by atoms with van der Waals surface area (Å²) >= 11 is 6.23. The molecule has 3 nitrogen and oxygen atoms in total. The molecule has 2 rings (SSSR count). The number of aromatic nitrogens is 1. The molecule has 1 aromatic heterocycles. The summed E-state index contributed by atoms with van der Waals surface area (Å²) in [6.45, 7) is 3.61. The second-order valence-corrected chi connectivity index (χ2v) is 5.17. The first-order valence-electron chi connectivity index (χ1n) is 6.45. The molecule has 0 aliphatic carbocycles. The van der Waals surface area contributed by atoms with Crippen molar-refractivity contribution in [2.45, 2.75) is 19.9 Å². The molecular weight excluding hydrogens is 272 g/mol. The second kappa shape index (κ2) is 6.06. The van der Waals surface area contributed by atoms with Crippen LogP contribution in [0.5, 0.6) is 0 Å². The van der Waals surface area contributed by atoms with Crippen LogP contribution < -0.4 is 4.90 Å². The Kier molecular flexibility index (Phi) is 4.40. The maximum Gasteiger partial charge on any atom is 0.159 e. The highest BCUT2D eigenvalue weighted by molar-refractivity contribution is 6.31. The molecule has 0 radical (unpaired) electrons. The highest BCUT2D eigenvalue weighted by Crippen LogP contribution is 2.29. The van der Waals surface area contributed by atoms with E-state index in [1.54, 1.807) is 25.3 Å². The number of hydrogen-bond acceptors (Lipinski definition) is 3. The van der Waals surface area contributed by atoms with Crippen LogP contribution in [-0.4, -0.2) is 17.8 Å². The lowest BCUT2D eigenvalue weighted by Crippen LogP contribution is -2.23. The van der Waals surface area contributed by atoms with Gasteiger partial charge in [0.15, 0.2) is 5.78 Å². The van der Waals surface area contributed by atoms with Gasteiger partial charge in [-0.05, 0) is 37.6 Å². The predicted molar refractivity (Wildman–Crippen MR) is 82.5 cm³/mol. The van der Waals surface area contributed by atoms with Crippen molar-refractivity contribution in [3.8, 4) is 0 Å². The number of anilines is 1. The van der Waals surface area contributed by atoms with Crippen LogP contribution in [0.25, 0.3) is 0 Å². The zero-order valence-corrected chi connectivity index (χ0v) is 12.6. The fraction of sp³-hybridized carbons (Fsp3) is 0.250. The van der Waals surface area contributed by atoms with Crippen LogP contribution in [0, 0.1) is 0 Å². The van der Waals surface area contributed by atoms with Crippen LogP contribution >= 0.6 is 11.6 Å². The number of nitrogens with zero attached hydrogens (tertiary/aromatic N) is 2. The molecule has 0 N–H and O–H groups in total. The Morgan fingerprint density at radius 3 is 2.65 bits per heavy atom. The maximum absolute atomic E-state index is 11.4. The number of pyridine rings is 1. The highest BCUT2D eigenvalue weighted by atomic mass is 35.5. The minimum Gasteiger partial charge on any atom is -0.353 e. The zero-order chi connectivity index (χ0) is 14.7. The number of carbonyl (C=O) groups excluding carboxylic acids is 1. The minimum absolute atomic E-state index is 0.0347. The highest BCUT2D eigenvalue weighted by Gasteiger charge is 2.16. The van der Waals surface area contributed by atoms with E-state index in [9.17, 15) is 4.79 Å². The third-order valence-electron chi connectivity index (χ3n) is 3.45. The van der Waals surface area contributed by atoms with Gasteiger partial charge in [0, 0.05) is 23.8 Å². The van der Waals surface area contributed by atoms with Crippen molar-refractivity contribution in [1.29, 1.82) is 0 Å². The molecule has 2 aromatic rings. The number of benzene rings is 1. The molecule has 0 saturated heterocycles. The Morgan fingerprint density at radius 1 is 1.30 bits per heavy atom. The Balaban J connectivity index is 2.31. The van der Waals surface area contributed by atoms with Gasteiger partial charge in [0.1, 0.15) is 5.82 Å². The molecule has 1 heterocycles. The first kappa shape index (κ1) is 14.5. The Labute approximate surface area is 124 Å². The number of carbonyl (C=O) groups is 1. The molecule has 4 heteroatoms. The van der Waals surface area contributed by atoms with Crippen LogP contribution in [0.4, 0.5) is 5.82 Å². The van der Waals surface area contributed by atoms with Crippen molar-refractivity contribution in [2.75, 3.05) is 11.9 Å². The average molecular weight is 289 g/mol. The average Bonchev–Trinajstić information content (AvgIpc) is 2.46. The van der Waals surface area contributed by atoms with Crippen molar-refractivity contribution in [2.24, 2.45) is 0 Å². The summed E-state index contributed by atoms with van der Waals surface area (Å²) in [6.07, 6.45) is 1.65. The molecule has 0 saturated carbocycles. The van der Waals surface area contributed by atoms with Crippen LogP contribution in [0.15, 0.2) is 42.6 Å². The van der Waals surface area contributed by atoms with Gasteiger partial charge in [0.25, 0.3) is 0 Å². The van der Waals surface area contributed by atoms with Crippen LogP contribution in [0.2, 0.25) is 5.02 Å². The fourth-order valence-corrected chi connectivity index (χ4v) is 2.34. The van der Waals surface area contributed by atoms with Gasteiger partial charge in [0.05, 0.1) is 6.04 Å². The van der Waals surface area contributed by atoms with Gasteiger partial charge >= 0.3 is 0 Å². The van der Waals surface area contributed by atoms with E-state index in [-0.39, 0.29) is 11.8 Å². The molecular formula is C16H17ClN2O. The molecule has 1 aromatic carbocycles. The van der Waals surface area contributed by atoms with Crippen molar-refractivity contribution in [1.82, 2.24) is 4.98 Å². The Hall–Kier alpha value is -1.87. The third-order valence-corrected chi connectivity index (χ3v) is 3.79. The van der Waals surface area contributed by atoms with E-state index < -0.39 is 0 Å². The van der Waals surface area contributed by atoms with Gasteiger partial charge in [-0.15, -0.1) is 0 Å². The molecule has 0 fully saturated rings. The molecule has 20 heavy (non-hydrogen) atoms. The molecule has 0 aliphatic heterocycles. The van der Waals surface area contributed by atoms with Crippen LogP contribution in [0.1, 0.15) is 35.8 Å². The summed E-state index contributed by atoms with van der Waals surface area (Å²) in [6, 6.07) is 11.3. The summed E-state index contributed by atoms with van der Waals surface area (Å²) in [5, 5.41) is 0.731. The van der Waals surface area contributed by atoms with Crippen molar-refractivity contribution < 1.29 is 4.79 Å². The molecule has 0 amide bonds. The van der Waals surface area contributed by atoms with E-state index in [0.717, 1.165) is 16.4 Å². The summed E-state index contributed by atoms with van der Waals surface area (Å²) in [5.74, 6) is 0.789. The lowest BCUT2D eigenvalue weighted by Gasteiger charge is -2.27. The largest absolute Gasteiger partial charge is 0.353 e. The molecule has 0 aliphatic rings. The first-order valence-corrected chi connectivity index (χ1v) is 6.82. The van der Waals surface area contributed by atoms with Crippen molar-refractivity contribution in [3.63, 3.8) is 0 Å². The molecule has 104 valence electrons. The number of hydrogen-bond donors (Lipinski definition) is 0. The number of Topliss-reactive ketones (excluding diaryl/α,β-unsaturated/α-hetero) is 1.